The number of para-hydroxylation sites is 1. The van der Waals surface area contributed by atoms with Crippen molar-refractivity contribution in [2.24, 2.45) is 10.9 Å². The third kappa shape index (κ3) is 6.24. The third-order valence-electron chi connectivity index (χ3n) is 4.80. The summed E-state index contributed by atoms with van der Waals surface area (Å²) in [5.41, 5.74) is 1.17. The van der Waals surface area contributed by atoms with E-state index in [1.807, 2.05) is 6.07 Å². The molecule has 5 heteroatoms. The van der Waals surface area contributed by atoms with E-state index in [2.05, 4.69) is 33.8 Å². The molecular weight excluding hydrogens is 314 g/mol. The lowest BCUT2D eigenvalue weighted by molar-refractivity contribution is 0.119. The Labute approximate surface area is 151 Å². The first-order valence-electron chi connectivity index (χ1n) is 9.62. The Hall–Kier alpha value is -1.75. The summed E-state index contributed by atoms with van der Waals surface area (Å²) < 4.78 is 11.7. The minimum atomic E-state index is 0.397. The minimum Gasteiger partial charge on any atom is -0.490 e. The summed E-state index contributed by atoms with van der Waals surface area (Å²) in [5.74, 6) is 2.65. The van der Waals surface area contributed by atoms with Crippen LogP contribution in [0.1, 0.15) is 44.1 Å². The van der Waals surface area contributed by atoms with Gasteiger partial charge in [-0.05, 0) is 50.5 Å². The van der Waals surface area contributed by atoms with Gasteiger partial charge in [0, 0.05) is 38.9 Å². The van der Waals surface area contributed by atoms with Crippen LogP contribution in [0, 0.1) is 5.92 Å². The molecule has 0 atom stereocenters. The lowest BCUT2D eigenvalue weighted by Gasteiger charge is -2.27. The molecule has 1 aromatic carbocycles. The van der Waals surface area contributed by atoms with Gasteiger partial charge in [-0.2, -0.15) is 0 Å². The Morgan fingerprint density at radius 3 is 2.72 bits per heavy atom. The van der Waals surface area contributed by atoms with Crippen molar-refractivity contribution in [2.45, 2.75) is 51.2 Å². The molecule has 0 amide bonds. The van der Waals surface area contributed by atoms with Crippen molar-refractivity contribution in [3.63, 3.8) is 0 Å². The van der Waals surface area contributed by atoms with Crippen molar-refractivity contribution in [2.75, 3.05) is 26.8 Å². The second kappa shape index (κ2) is 9.66. The van der Waals surface area contributed by atoms with Gasteiger partial charge in [-0.15, -0.1) is 0 Å². The summed E-state index contributed by atoms with van der Waals surface area (Å²) in [5, 5.41) is 6.72. The lowest BCUT2D eigenvalue weighted by atomic mass is 9.96. The molecule has 1 aromatic rings. The maximum absolute atomic E-state index is 6.08. The van der Waals surface area contributed by atoms with E-state index in [1.54, 1.807) is 7.05 Å². The van der Waals surface area contributed by atoms with E-state index in [-0.39, 0.29) is 0 Å². The highest BCUT2D eigenvalue weighted by Crippen LogP contribution is 2.29. The number of benzene rings is 1. The predicted octanol–water partition coefficient (Wildman–Crippen LogP) is 3.10. The molecule has 2 fully saturated rings. The smallest absolute Gasteiger partial charge is 0.191 e. The zero-order valence-electron chi connectivity index (χ0n) is 15.3. The number of guanidine groups is 1. The summed E-state index contributed by atoms with van der Waals surface area (Å²) in [4.78, 5) is 4.29. The van der Waals surface area contributed by atoms with E-state index in [1.165, 1.54) is 37.7 Å². The van der Waals surface area contributed by atoms with Crippen molar-refractivity contribution in [1.29, 1.82) is 0 Å². The molecule has 0 unspecified atom stereocenters. The van der Waals surface area contributed by atoms with Gasteiger partial charge in [-0.1, -0.05) is 18.2 Å². The van der Waals surface area contributed by atoms with Gasteiger partial charge in [0.2, 0.25) is 0 Å². The van der Waals surface area contributed by atoms with E-state index >= 15 is 0 Å². The van der Waals surface area contributed by atoms with Gasteiger partial charge in [-0.3, -0.25) is 4.99 Å². The van der Waals surface area contributed by atoms with Crippen LogP contribution < -0.4 is 15.4 Å². The zero-order chi connectivity index (χ0) is 17.3. The summed E-state index contributed by atoms with van der Waals surface area (Å²) >= 11 is 0. The molecule has 0 aromatic heterocycles. The van der Waals surface area contributed by atoms with Gasteiger partial charge >= 0.3 is 0 Å². The molecule has 0 bridgehead atoms. The second-order valence-corrected chi connectivity index (χ2v) is 7.00. The summed E-state index contributed by atoms with van der Waals surface area (Å²) in [6.07, 6.45) is 7.72. The molecule has 25 heavy (non-hydrogen) atoms. The van der Waals surface area contributed by atoms with Gasteiger partial charge in [0.25, 0.3) is 0 Å². The summed E-state index contributed by atoms with van der Waals surface area (Å²) in [7, 11) is 1.80. The fraction of sp³-hybridized carbons (Fsp3) is 0.650. The van der Waals surface area contributed by atoms with Crippen LogP contribution in [0.5, 0.6) is 5.75 Å². The molecule has 2 aliphatic carbocycles. The van der Waals surface area contributed by atoms with Gasteiger partial charge in [0.1, 0.15) is 5.75 Å². The molecule has 0 saturated heterocycles. The number of nitrogens with zero attached hydrogens (tertiary/aromatic N) is 1. The van der Waals surface area contributed by atoms with Crippen LogP contribution in [-0.2, 0) is 11.3 Å². The highest BCUT2D eigenvalue weighted by Gasteiger charge is 2.21. The van der Waals surface area contributed by atoms with E-state index in [4.69, 9.17) is 9.47 Å². The molecule has 2 saturated carbocycles. The number of ether oxygens (including phenoxy) is 2. The van der Waals surface area contributed by atoms with Crippen LogP contribution in [-0.4, -0.2) is 38.9 Å². The van der Waals surface area contributed by atoms with Gasteiger partial charge < -0.3 is 20.1 Å². The maximum Gasteiger partial charge on any atom is 0.191 e. The molecule has 0 heterocycles. The van der Waals surface area contributed by atoms with Crippen molar-refractivity contribution in [3.8, 4) is 5.75 Å². The zero-order valence-corrected chi connectivity index (χ0v) is 15.3. The number of hydrogen-bond donors (Lipinski definition) is 2. The monoisotopic (exact) mass is 345 g/mol. The highest BCUT2D eigenvalue weighted by atomic mass is 16.5. The average Bonchev–Trinajstić information content (AvgIpc) is 3.42. The highest BCUT2D eigenvalue weighted by molar-refractivity contribution is 5.79. The van der Waals surface area contributed by atoms with Gasteiger partial charge in [-0.25, -0.2) is 0 Å². The fourth-order valence-corrected chi connectivity index (χ4v) is 2.75. The Bertz CT molecular complexity index is 554. The van der Waals surface area contributed by atoms with Crippen LogP contribution in [0.25, 0.3) is 0 Å². The number of hydrogen-bond acceptors (Lipinski definition) is 3. The van der Waals surface area contributed by atoms with Crippen molar-refractivity contribution in [3.05, 3.63) is 29.8 Å². The molecule has 2 aliphatic rings. The average molecular weight is 345 g/mol. The first kappa shape index (κ1) is 18.1. The second-order valence-electron chi connectivity index (χ2n) is 7.00. The molecule has 3 rings (SSSR count). The SMILES string of the molecule is CN=C(NCCCOCC1CC1)NCc1ccccc1OC1CCC1. The normalized spacial score (nSPS) is 17.9. The van der Waals surface area contributed by atoms with E-state index in [9.17, 15) is 0 Å². The molecule has 2 N–H and O–H groups in total. The van der Waals surface area contributed by atoms with Crippen molar-refractivity contribution < 1.29 is 9.47 Å². The molecule has 5 nitrogen and oxygen atoms in total. The van der Waals surface area contributed by atoms with Gasteiger partial charge in [0.15, 0.2) is 5.96 Å². The lowest BCUT2D eigenvalue weighted by Crippen LogP contribution is -2.37. The summed E-state index contributed by atoms with van der Waals surface area (Å²) in [6, 6.07) is 8.26. The van der Waals surface area contributed by atoms with Gasteiger partial charge in [0.05, 0.1) is 6.10 Å². The van der Waals surface area contributed by atoms with E-state index in [0.29, 0.717) is 12.6 Å². The Balaban J connectivity index is 1.35. The van der Waals surface area contributed by atoms with Crippen LogP contribution in [0.4, 0.5) is 0 Å². The van der Waals surface area contributed by atoms with Crippen molar-refractivity contribution >= 4 is 5.96 Å². The quantitative estimate of drug-likeness (QED) is 0.389. The van der Waals surface area contributed by atoms with E-state index in [0.717, 1.165) is 43.8 Å². The van der Waals surface area contributed by atoms with Crippen LogP contribution >= 0.6 is 0 Å². The molecule has 0 radical (unpaired) electrons. The van der Waals surface area contributed by atoms with Crippen LogP contribution in [0.3, 0.4) is 0 Å². The molecule has 0 spiro atoms. The fourth-order valence-electron chi connectivity index (χ4n) is 2.75. The third-order valence-corrected chi connectivity index (χ3v) is 4.80. The minimum absolute atomic E-state index is 0.397. The topological polar surface area (TPSA) is 54.9 Å². The Kier molecular flexibility index (Phi) is 6.98. The maximum atomic E-state index is 6.08. The largest absolute Gasteiger partial charge is 0.490 e. The molecular formula is C20H31N3O2. The molecule has 138 valence electrons. The standard InChI is InChI=1S/C20H31N3O2/c1-21-20(22-12-5-13-24-15-16-10-11-16)23-14-17-6-2-3-9-19(17)25-18-7-4-8-18/h2-3,6,9,16,18H,4-5,7-8,10-15H2,1H3,(H2,21,22,23). The van der Waals surface area contributed by atoms with E-state index < -0.39 is 0 Å². The summed E-state index contributed by atoms with van der Waals surface area (Å²) in [6.45, 7) is 3.33. The van der Waals surface area contributed by atoms with Crippen LogP contribution in [0.2, 0.25) is 0 Å². The predicted molar refractivity (Wildman–Crippen MR) is 101 cm³/mol. The first-order valence-corrected chi connectivity index (χ1v) is 9.62. The van der Waals surface area contributed by atoms with Crippen molar-refractivity contribution in [1.82, 2.24) is 10.6 Å². The number of aliphatic imine (C=N–C) groups is 1. The first-order chi connectivity index (χ1) is 12.3. The molecule has 0 aliphatic heterocycles. The Morgan fingerprint density at radius 1 is 1.16 bits per heavy atom. The Morgan fingerprint density at radius 2 is 2.00 bits per heavy atom. The number of rotatable bonds is 10. The van der Waals surface area contributed by atoms with Crippen LogP contribution in [0.15, 0.2) is 29.3 Å². The number of nitrogens with one attached hydrogen (secondary N) is 2.